The Morgan fingerprint density at radius 1 is 1.13 bits per heavy atom. The van der Waals surface area contributed by atoms with E-state index in [4.69, 9.17) is 0 Å². The standard InChI is InChI=1S/C21H32F3N5O/c1-5-27(6-2)19(30)18-9-7-17(8-10-18)15-26-20(25-4)29-13-11-28(12-14-29)16(3)21(22,23)24/h7-10,16H,5-6,11-15H2,1-4H3,(H,25,26). The summed E-state index contributed by atoms with van der Waals surface area (Å²) in [5.74, 6) is 0.680. The highest BCUT2D eigenvalue weighted by Gasteiger charge is 2.41. The zero-order valence-electron chi connectivity index (χ0n) is 18.2. The number of amides is 1. The van der Waals surface area contributed by atoms with Gasteiger partial charge in [0.15, 0.2) is 5.96 Å². The summed E-state index contributed by atoms with van der Waals surface area (Å²) >= 11 is 0. The lowest BCUT2D eigenvalue weighted by molar-refractivity contribution is -0.181. The van der Waals surface area contributed by atoms with E-state index < -0.39 is 12.2 Å². The first-order valence-electron chi connectivity index (χ1n) is 10.4. The fourth-order valence-electron chi connectivity index (χ4n) is 3.50. The molecule has 1 heterocycles. The summed E-state index contributed by atoms with van der Waals surface area (Å²) in [5.41, 5.74) is 1.65. The molecule has 1 N–H and O–H groups in total. The van der Waals surface area contributed by atoms with Crippen LogP contribution in [0.1, 0.15) is 36.7 Å². The Labute approximate surface area is 176 Å². The van der Waals surface area contributed by atoms with Crippen LogP contribution >= 0.6 is 0 Å². The van der Waals surface area contributed by atoms with Crippen LogP contribution in [-0.2, 0) is 6.54 Å². The van der Waals surface area contributed by atoms with Gasteiger partial charge in [-0.1, -0.05) is 12.1 Å². The van der Waals surface area contributed by atoms with Crippen molar-refractivity contribution in [2.45, 2.75) is 39.5 Å². The summed E-state index contributed by atoms with van der Waals surface area (Å²) in [6, 6.07) is 6.00. The molecule has 0 saturated carbocycles. The average Bonchev–Trinajstić information content (AvgIpc) is 2.74. The minimum Gasteiger partial charge on any atom is -0.352 e. The predicted molar refractivity (Wildman–Crippen MR) is 113 cm³/mol. The van der Waals surface area contributed by atoms with E-state index in [9.17, 15) is 18.0 Å². The molecular formula is C21H32F3N5O. The molecule has 1 saturated heterocycles. The lowest BCUT2D eigenvalue weighted by atomic mass is 10.1. The maximum absolute atomic E-state index is 12.9. The van der Waals surface area contributed by atoms with Crippen molar-refractivity contribution in [1.82, 2.24) is 20.0 Å². The van der Waals surface area contributed by atoms with Crippen LogP contribution in [0.4, 0.5) is 13.2 Å². The van der Waals surface area contributed by atoms with Gasteiger partial charge in [-0.05, 0) is 38.5 Å². The van der Waals surface area contributed by atoms with Crippen LogP contribution in [0.25, 0.3) is 0 Å². The van der Waals surface area contributed by atoms with Crippen LogP contribution in [-0.4, -0.2) is 85.1 Å². The molecule has 0 bridgehead atoms. The Balaban J connectivity index is 1.88. The smallest absolute Gasteiger partial charge is 0.352 e. The van der Waals surface area contributed by atoms with E-state index in [0.717, 1.165) is 5.56 Å². The second-order valence-electron chi connectivity index (χ2n) is 7.32. The highest BCUT2D eigenvalue weighted by atomic mass is 19.4. The van der Waals surface area contributed by atoms with Gasteiger partial charge in [0.25, 0.3) is 5.91 Å². The Morgan fingerprint density at radius 3 is 2.17 bits per heavy atom. The van der Waals surface area contributed by atoms with Crippen LogP contribution in [0.5, 0.6) is 0 Å². The normalized spacial score (nSPS) is 17.0. The molecule has 1 unspecified atom stereocenters. The minimum absolute atomic E-state index is 0.0151. The molecule has 0 radical (unpaired) electrons. The van der Waals surface area contributed by atoms with Gasteiger partial charge < -0.3 is 15.1 Å². The van der Waals surface area contributed by atoms with Crippen molar-refractivity contribution >= 4 is 11.9 Å². The van der Waals surface area contributed by atoms with E-state index in [-0.39, 0.29) is 5.91 Å². The van der Waals surface area contributed by atoms with Crippen molar-refractivity contribution in [3.63, 3.8) is 0 Å². The summed E-state index contributed by atoms with van der Waals surface area (Å²) in [7, 11) is 1.67. The highest BCUT2D eigenvalue weighted by Crippen LogP contribution is 2.25. The minimum atomic E-state index is -4.21. The van der Waals surface area contributed by atoms with E-state index in [1.165, 1.54) is 11.8 Å². The quantitative estimate of drug-likeness (QED) is 0.560. The maximum Gasteiger partial charge on any atom is 0.403 e. The molecule has 30 heavy (non-hydrogen) atoms. The van der Waals surface area contributed by atoms with Crippen LogP contribution < -0.4 is 5.32 Å². The van der Waals surface area contributed by atoms with Crippen molar-refractivity contribution in [2.24, 2.45) is 4.99 Å². The number of nitrogens with one attached hydrogen (secondary N) is 1. The summed E-state index contributed by atoms with van der Waals surface area (Å²) in [4.78, 5) is 21.8. The Kier molecular flexibility index (Phi) is 8.52. The molecule has 1 amide bonds. The molecule has 0 aliphatic carbocycles. The molecule has 0 spiro atoms. The largest absolute Gasteiger partial charge is 0.403 e. The van der Waals surface area contributed by atoms with Gasteiger partial charge in [0.2, 0.25) is 0 Å². The number of carbonyl (C=O) groups excluding carboxylic acids is 1. The van der Waals surface area contributed by atoms with E-state index in [1.807, 2.05) is 43.0 Å². The molecule has 1 aromatic carbocycles. The third kappa shape index (κ3) is 6.10. The molecule has 2 rings (SSSR count). The molecule has 1 aliphatic rings. The number of piperazine rings is 1. The number of rotatable bonds is 6. The lowest BCUT2D eigenvalue weighted by Crippen LogP contribution is -2.56. The molecule has 1 fully saturated rings. The molecule has 9 heteroatoms. The number of aliphatic imine (C=N–C) groups is 1. The third-order valence-corrected chi connectivity index (χ3v) is 5.55. The van der Waals surface area contributed by atoms with Crippen molar-refractivity contribution in [1.29, 1.82) is 0 Å². The topological polar surface area (TPSA) is 51.2 Å². The summed E-state index contributed by atoms with van der Waals surface area (Å²) < 4.78 is 38.7. The molecule has 168 valence electrons. The second kappa shape index (κ2) is 10.7. The van der Waals surface area contributed by atoms with Crippen LogP contribution in [0.3, 0.4) is 0 Å². The van der Waals surface area contributed by atoms with Crippen molar-refractivity contribution in [2.75, 3.05) is 46.3 Å². The zero-order chi connectivity index (χ0) is 22.3. The number of halogens is 3. The Morgan fingerprint density at radius 2 is 1.70 bits per heavy atom. The van der Waals surface area contributed by atoms with Crippen LogP contribution in [0.2, 0.25) is 0 Å². The highest BCUT2D eigenvalue weighted by molar-refractivity contribution is 5.94. The Hall–Kier alpha value is -2.29. The predicted octanol–water partition coefficient (Wildman–Crippen LogP) is 2.81. The molecule has 6 nitrogen and oxygen atoms in total. The second-order valence-corrected chi connectivity index (χ2v) is 7.32. The number of benzene rings is 1. The number of nitrogens with zero attached hydrogens (tertiary/aromatic N) is 4. The van der Waals surface area contributed by atoms with E-state index in [1.54, 1.807) is 11.9 Å². The fourth-order valence-corrected chi connectivity index (χ4v) is 3.50. The molecule has 1 aromatic rings. The van der Waals surface area contributed by atoms with Gasteiger partial charge >= 0.3 is 6.18 Å². The van der Waals surface area contributed by atoms with Crippen molar-refractivity contribution < 1.29 is 18.0 Å². The third-order valence-electron chi connectivity index (χ3n) is 5.55. The van der Waals surface area contributed by atoms with Crippen molar-refractivity contribution in [3.05, 3.63) is 35.4 Å². The number of guanidine groups is 1. The van der Waals surface area contributed by atoms with E-state index >= 15 is 0 Å². The fraction of sp³-hybridized carbons (Fsp3) is 0.619. The SMILES string of the molecule is CCN(CC)C(=O)c1ccc(CNC(=NC)N2CCN(C(C)C(F)(F)F)CC2)cc1. The van der Waals surface area contributed by atoms with Gasteiger partial charge in [-0.15, -0.1) is 0 Å². The average molecular weight is 428 g/mol. The van der Waals surface area contributed by atoms with Gasteiger partial charge in [-0.2, -0.15) is 13.2 Å². The lowest BCUT2D eigenvalue weighted by Gasteiger charge is -2.39. The number of hydrogen-bond acceptors (Lipinski definition) is 3. The van der Waals surface area contributed by atoms with Crippen molar-refractivity contribution in [3.8, 4) is 0 Å². The first-order valence-corrected chi connectivity index (χ1v) is 10.4. The zero-order valence-corrected chi connectivity index (χ0v) is 18.2. The number of alkyl halides is 3. The van der Waals surface area contributed by atoms with Gasteiger partial charge in [0.05, 0.1) is 0 Å². The Bertz CT molecular complexity index is 708. The summed E-state index contributed by atoms with van der Waals surface area (Å²) in [5, 5.41) is 3.26. The summed E-state index contributed by atoms with van der Waals surface area (Å²) in [6.07, 6.45) is -4.21. The van der Waals surface area contributed by atoms with E-state index in [0.29, 0.717) is 57.3 Å². The number of carbonyl (C=O) groups is 1. The first-order chi connectivity index (χ1) is 14.2. The molecule has 1 atom stereocenters. The van der Waals surface area contributed by atoms with Gasteiger partial charge in [0, 0.05) is 58.4 Å². The first kappa shape index (κ1) is 24.0. The maximum atomic E-state index is 12.9. The van der Waals surface area contributed by atoms with Gasteiger partial charge in [0.1, 0.15) is 6.04 Å². The molecular weight excluding hydrogens is 395 g/mol. The van der Waals surface area contributed by atoms with E-state index in [2.05, 4.69) is 10.3 Å². The van der Waals surface area contributed by atoms with Crippen LogP contribution in [0, 0.1) is 0 Å². The van der Waals surface area contributed by atoms with Gasteiger partial charge in [-0.3, -0.25) is 14.7 Å². The monoisotopic (exact) mass is 427 g/mol. The molecule has 0 aromatic heterocycles. The van der Waals surface area contributed by atoms with Gasteiger partial charge in [-0.25, -0.2) is 0 Å². The van der Waals surface area contributed by atoms with Crippen LogP contribution in [0.15, 0.2) is 29.3 Å². The number of hydrogen-bond donors (Lipinski definition) is 1. The summed E-state index contributed by atoms with van der Waals surface area (Å²) in [6.45, 7) is 8.61. The molecule has 1 aliphatic heterocycles.